The molecule has 0 spiro atoms. The maximum Gasteiger partial charge on any atom is 0.327 e. The van der Waals surface area contributed by atoms with E-state index in [0.717, 1.165) is 45.1 Å². The van der Waals surface area contributed by atoms with Gasteiger partial charge >= 0.3 is 11.9 Å². The Kier molecular flexibility index (Phi) is 20.8. The van der Waals surface area contributed by atoms with Gasteiger partial charge in [-0.3, -0.25) is 58.0 Å². The topological polar surface area (TPSA) is 390 Å². The van der Waals surface area contributed by atoms with Crippen molar-refractivity contribution < 1.29 is 52.9 Å². The van der Waals surface area contributed by atoms with Crippen LogP contribution in [0.5, 0.6) is 0 Å². The summed E-state index contributed by atoms with van der Waals surface area (Å²) < 4.78 is 13.5. The van der Waals surface area contributed by atoms with Crippen LogP contribution in [0.1, 0.15) is 179 Å². The van der Waals surface area contributed by atoms with Crippen LogP contribution in [0.25, 0.3) is 33.2 Å². The molecular weight excluding hydrogens is 1200 g/mol. The van der Waals surface area contributed by atoms with E-state index in [1.807, 2.05) is 39.0 Å². The number of aromatic amines is 3. The van der Waals surface area contributed by atoms with Gasteiger partial charge in [0, 0.05) is 128 Å². The average Bonchev–Trinajstić information content (AvgIpc) is 1.57. The molecule has 4 amide bonds. The van der Waals surface area contributed by atoms with Gasteiger partial charge in [-0.25, -0.2) is 14.8 Å². The molecule has 28 heteroatoms. The first-order chi connectivity index (χ1) is 43.0. The van der Waals surface area contributed by atoms with Crippen molar-refractivity contribution in [2.75, 3.05) is 43.7 Å². The minimum absolute atomic E-state index is 0.0202. The summed E-state index contributed by atoms with van der Waals surface area (Å²) in [5.41, 5.74) is 14.6. The highest BCUT2D eigenvalue weighted by molar-refractivity contribution is 8.76. The lowest BCUT2D eigenvalue weighted by Crippen LogP contribution is -2.42. The summed E-state index contributed by atoms with van der Waals surface area (Å²) in [5.74, 6) is -6.34. The Morgan fingerprint density at radius 2 is 1.52 bits per heavy atom. The fourth-order valence-electron chi connectivity index (χ4n) is 11.6. The predicted molar refractivity (Wildman–Crippen MR) is 340 cm³/mol. The third-order valence-corrected chi connectivity index (χ3v) is 18.4. The van der Waals surface area contributed by atoms with E-state index in [1.54, 1.807) is 31.2 Å². The number of carboxylic acid groups (broad SMARTS) is 1. The van der Waals surface area contributed by atoms with Crippen molar-refractivity contribution in [1.82, 2.24) is 60.5 Å². The lowest BCUT2D eigenvalue weighted by molar-refractivity contribution is -0.141. The number of nitrogen functional groups attached to an aromatic ring is 1. The van der Waals surface area contributed by atoms with Crippen LogP contribution >= 0.6 is 21.8 Å². The van der Waals surface area contributed by atoms with Crippen LogP contribution in [0.4, 0.5) is 11.6 Å². The zero-order valence-corrected chi connectivity index (χ0v) is 52.6. The highest BCUT2D eigenvalue weighted by Crippen LogP contribution is 2.48. The van der Waals surface area contributed by atoms with Gasteiger partial charge in [-0.05, 0) is 101 Å². The van der Waals surface area contributed by atoms with Crippen LogP contribution in [0.15, 0.2) is 53.5 Å². The molecule has 7 atom stereocenters. The van der Waals surface area contributed by atoms with Gasteiger partial charge in [-0.15, -0.1) is 0 Å². The van der Waals surface area contributed by atoms with Crippen molar-refractivity contribution in [2.24, 2.45) is 0 Å². The maximum atomic E-state index is 14.5. The second kappa shape index (κ2) is 28.6. The molecule has 90 heavy (non-hydrogen) atoms. The fourth-order valence-corrected chi connectivity index (χ4v) is 13.4. The minimum Gasteiger partial charge on any atom is -0.480 e. The highest BCUT2D eigenvalue weighted by Gasteiger charge is 2.45. The van der Waals surface area contributed by atoms with Crippen molar-refractivity contribution in [3.63, 3.8) is 0 Å². The number of methoxy groups -OCH3 is 1. The third-order valence-electron chi connectivity index (χ3n) is 16.5. The van der Waals surface area contributed by atoms with E-state index in [-0.39, 0.29) is 122 Å². The molecule has 0 saturated carbocycles. The number of H-pyrrole nitrogens is 3. The van der Waals surface area contributed by atoms with Crippen molar-refractivity contribution in [2.45, 2.75) is 135 Å². The molecule has 5 aromatic heterocycles. The molecule has 26 nitrogen and oxygen atoms in total. The Morgan fingerprint density at radius 1 is 0.811 bits per heavy atom. The van der Waals surface area contributed by atoms with Gasteiger partial charge in [0.25, 0.3) is 11.5 Å². The second-order valence-electron chi connectivity index (χ2n) is 22.6. The average molecular weight is 1270 g/mol. The summed E-state index contributed by atoms with van der Waals surface area (Å²) in [6, 6.07) is 10.9. The zero-order valence-electron chi connectivity index (χ0n) is 51.0. The molecule has 11 N–H and O–H groups in total. The number of hydrogen-bond acceptors (Lipinski definition) is 20. The number of carbonyl (C=O) groups excluding carboxylic acids is 7. The van der Waals surface area contributed by atoms with E-state index in [2.05, 4.69) is 69.7 Å². The van der Waals surface area contributed by atoms with Gasteiger partial charge in [-0.2, -0.15) is 4.98 Å². The number of ketones is 2. The number of amides is 4. The van der Waals surface area contributed by atoms with Crippen LogP contribution in [0, 0.1) is 13.8 Å². The molecule has 0 saturated heterocycles. The lowest BCUT2D eigenvalue weighted by Gasteiger charge is -2.19. The molecule has 0 radical (unpaired) electrons. The van der Waals surface area contributed by atoms with Gasteiger partial charge in [-0.1, -0.05) is 31.6 Å². The number of ether oxygens (including phenoxy) is 2. The predicted octanol–water partition coefficient (Wildman–Crippen LogP) is 6.88. The van der Waals surface area contributed by atoms with E-state index >= 15 is 0 Å². The standard InChI is InChI=1S/C62H72N14O12S2/c1-9-37-29(3)39-24-44-49(33(7)77)31(5)41(70-44)22-40-30(4)38(53(72-40)51-52(61(86)87-8)56(81)50-32(6)42(73-54(50)51)23-43(37)69-39)15-17-48(80)76-90-89-27-45(60(84)85)71-47(79)18-20-88-21-19-64-46(78)16-10-28(2)67-58(82)34-11-13-35(14-12-34)65-25-36-26-66-57-55(68-36)59(83)75-62(63)74-57/h11-14,22-24,26,28-30,37-38,45,52,65,70,73H,9-10,15-21,25,27H2,1-8H3,(H,64,78)(H,67,82)(H,71,79)(H,76,80)(H,84,85)(H3,63,66,74,75,83)/t28-,29-,30+,37-,38+,45-,52?/m1/s1. The molecule has 8 bridgehead atoms. The Labute approximate surface area is 524 Å². The van der Waals surface area contributed by atoms with Crippen LogP contribution in [0.3, 0.4) is 0 Å². The third kappa shape index (κ3) is 14.7. The van der Waals surface area contributed by atoms with E-state index in [9.17, 15) is 48.3 Å². The van der Waals surface area contributed by atoms with E-state index in [0.29, 0.717) is 79.1 Å². The highest BCUT2D eigenvalue weighted by atomic mass is 33.1. The molecule has 2 aliphatic heterocycles. The zero-order chi connectivity index (χ0) is 64.7. The van der Waals surface area contributed by atoms with Gasteiger partial charge in [0.2, 0.25) is 23.7 Å². The lowest BCUT2D eigenvalue weighted by atomic mass is 9.84. The SMILES string of the molecule is CC[C@H]1c2cc3[nH]c4c(c3C)C(=O)C(C(=O)OC)c4c3nc(cc4[nH]c(cc(n2)[C@@H]1C)c(C(C)=O)c4C)[C@@H](C)[C@@H]3CCC(=O)NSSC[C@@H](NC(=O)CCOCCNC(=O)CC[C@@H](C)NC(=O)c1ccc(NCc2cnc3nc(N)[nH]c(=O)c3n2)cc1)C(=O)O. The number of Topliss-reactive ketones (excluding diaryl/α,β-unsaturated/α-hetero) is 2. The first-order valence-electron chi connectivity index (χ1n) is 29.6. The number of aromatic nitrogens is 8. The van der Waals surface area contributed by atoms with E-state index in [4.69, 9.17) is 25.2 Å². The first kappa shape index (κ1) is 65.4. The maximum absolute atomic E-state index is 14.5. The van der Waals surface area contributed by atoms with Crippen molar-refractivity contribution >= 4 is 114 Å². The number of benzene rings is 1. The fraction of sp³-hybridized carbons (Fsp3) is 0.419. The summed E-state index contributed by atoms with van der Waals surface area (Å²) in [4.78, 5) is 150. The van der Waals surface area contributed by atoms with E-state index < -0.39 is 47.1 Å². The Morgan fingerprint density at radius 3 is 2.24 bits per heavy atom. The summed E-state index contributed by atoms with van der Waals surface area (Å²) in [6.07, 6.45) is 2.82. The largest absolute Gasteiger partial charge is 0.480 e. The molecular formula is C62H72N14O12S2. The van der Waals surface area contributed by atoms with Gasteiger partial charge in [0.15, 0.2) is 22.7 Å². The molecule has 9 rings (SSSR count). The number of hydrogen-bond donors (Lipinski definition) is 10. The van der Waals surface area contributed by atoms with Crippen molar-refractivity contribution in [3.8, 4) is 0 Å². The molecule has 474 valence electrons. The number of nitrogens with two attached hydrogens (primary N) is 1. The summed E-state index contributed by atoms with van der Waals surface area (Å²) in [5, 5.41) is 21.2. The number of esters is 1. The number of aryl methyl sites for hydroxylation is 2. The number of anilines is 2. The minimum atomic E-state index is -1.32. The molecule has 1 aliphatic carbocycles. The molecule has 6 aromatic rings. The van der Waals surface area contributed by atoms with Crippen LogP contribution < -0.4 is 37.3 Å². The number of nitrogens with one attached hydrogen (secondary N) is 8. The smallest absolute Gasteiger partial charge is 0.327 e. The van der Waals surface area contributed by atoms with Crippen LogP contribution in [-0.4, -0.2) is 137 Å². The number of carboxylic acids is 1. The molecule has 7 heterocycles. The number of fused-ring (bicyclic) bond motifs is 9. The molecule has 0 fully saturated rings. The quantitative estimate of drug-likeness (QED) is 0.00660. The summed E-state index contributed by atoms with van der Waals surface area (Å²) >= 11 is 0. The molecule has 1 aromatic carbocycles. The Balaban J connectivity index is 0.724. The summed E-state index contributed by atoms with van der Waals surface area (Å²) in [7, 11) is 3.17. The van der Waals surface area contributed by atoms with Gasteiger partial charge < -0.3 is 51.5 Å². The molecule has 3 aliphatic rings. The van der Waals surface area contributed by atoms with Gasteiger partial charge in [0.05, 0.1) is 55.5 Å². The second-order valence-corrected chi connectivity index (χ2v) is 24.7. The Hall–Kier alpha value is -9.02. The van der Waals surface area contributed by atoms with Gasteiger partial charge in [0.1, 0.15) is 12.0 Å². The first-order valence-corrected chi connectivity index (χ1v) is 31.9. The molecule has 1 unspecified atom stereocenters. The van der Waals surface area contributed by atoms with E-state index in [1.165, 1.54) is 20.2 Å². The van der Waals surface area contributed by atoms with Crippen LogP contribution in [0.2, 0.25) is 0 Å². The van der Waals surface area contributed by atoms with Crippen LogP contribution in [-0.2, 0) is 40.0 Å². The Bertz CT molecular complexity index is 4060. The number of rotatable bonds is 26. The number of aliphatic carboxylic acids is 1. The van der Waals surface area contributed by atoms with Crippen molar-refractivity contribution in [3.05, 3.63) is 121 Å². The monoisotopic (exact) mass is 1270 g/mol. The summed E-state index contributed by atoms with van der Waals surface area (Å²) in [6.45, 7) is 13.6. The normalized spacial score (nSPS) is 17.3. The van der Waals surface area contributed by atoms with Crippen molar-refractivity contribution in [1.29, 1.82) is 0 Å². The number of carbonyl (C=O) groups is 8. The number of nitrogens with zero attached hydrogens (tertiary/aromatic N) is 5.